The number of alkyl halides is 3. The van der Waals surface area contributed by atoms with Crippen LogP contribution in [0, 0.1) is 5.92 Å². The normalized spacial score (nSPS) is 14.2. The van der Waals surface area contributed by atoms with Gasteiger partial charge in [-0.15, -0.1) is 11.3 Å². The molecule has 1 aromatic rings. The maximum atomic E-state index is 12.4. The van der Waals surface area contributed by atoms with Crippen molar-refractivity contribution < 1.29 is 18.3 Å². The van der Waals surface area contributed by atoms with E-state index in [1.165, 1.54) is 0 Å². The van der Waals surface area contributed by atoms with E-state index in [4.69, 9.17) is 0 Å². The topological polar surface area (TPSA) is 33.1 Å². The minimum absolute atomic E-state index is 0.0153. The fourth-order valence-corrected chi connectivity index (χ4v) is 2.85. The quantitative estimate of drug-likeness (QED) is 0.837. The van der Waals surface area contributed by atoms with Crippen molar-refractivity contribution in [2.24, 2.45) is 5.92 Å². The Morgan fingerprint density at radius 1 is 1.28 bits per heavy atom. The molecule has 0 radical (unpaired) electrons. The lowest BCUT2D eigenvalue weighted by atomic mass is 9.92. The first-order valence-electron chi connectivity index (χ1n) is 6.11. The van der Waals surface area contributed by atoms with Crippen LogP contribution in [0.3, 0.4) is 0 Å². The van der Waals surface area contributed by atoms with Crippen molar-refractivity contribution in [1.82, 2.24) is 4.98 Å². The van der Waals surface area contributed by atoms with Crippen molar-refractivity contribution in [3.8, 4) is 0 Å². The van der Waals surface area contributed by atoms with E-state index in [0.29, 0.717) is 16.2 Å². The zero-order chi connectivity index (χ0) is 13.8. The monoisotopic (exact) mass is 281 g/mol. The standard InChI is InChI=1S/C12H18F3NOS/c1-3-5-8(6-4-2)10(17)9-7-16-11(18-9)12(13,14)15/h7-8,10,17H,3-6H2,1-2H3. The fraction of sp³-hybridized carbons (Fsp3) is 0.750. The molecule has 6 heteroatoms. The zero-order valence-corrected chi connectivity index (χ0v) is 11.3. The minimum atomic E-state index is -4.42. The molecule has 1 rings (SSSR count). The molecule has 0 saturated carbocycles. The van der Waals surface area contributed by atoms with Crippen LogP contribution in [0.15, 0.2) is 6.20 Å². The van der Waals surface area contributed by atoms with Crippen LogP contribution in [0.1, 0.15) is 55.5 Å². The molecular formula is C12H18F3NOS. The average Bonchev–Trinajstić information content (AvgIpc) is 2.76. The average molecular weight is 281 g/mol. The lowest BCUT2D eigenvalue weighted by molar-refractivity contribution is -0.137. The molecule has 0 bridgehead atoms. The van der Waals surface area contributed by atoms with Crippen molar-refractivity contribution in [1.29, 1.82) is 0 Å². The minimum Gasteiger partial charge on any atom is -0.387 e. The summed E-state index contributed by atoms with van der Waals surface area (Å²) in [7, 11) is 0. The highest BCUT2D eigenvalue weighted by molar-refractivity contribution is 7.11. The van der Waals surface area contributed by atoms with Crippen molar-refractivity contribution in [3.05, 3.63) is 16.1 Å². The predicted molar refractivity (Wildman–Crippen MR) is 65.4 cm³/mol. The second-order valence-electron chi connectivity index (χ2n) is 4.35. The van der Waals surface area contributed by atoms with Crippen LogP contribution < -0.4 is 0 Å². The van der Waals surface area contributed by atoms with E-state index in [2.05, 4.69) is 4.98 Å². The van der Waals surface area contributed by atoms with Crippen LogP contribution in [0.5, 0.6) is 0 Å². The van der Waals surface area contributed by atoms with Gasteiger partial charge in [-0.05, 0) is 18.8 Å². The summed E-state index contributed by atoms with van der Waals surface area (Å²) in [5.74, 6) is 0.0153. The van der Waals surface area contributed by atoms with Gasteiger partial charge in [0.25, 0.3) is 0 Å². The lowest BCUT2D eigenvalue weighted by Gasteiger charge is -2.20. The number of aliphatic hydroxyl groups is 1. The number of rotatable bonds is 6. The van der Waals surface area contributed by atoms with Gasteiger partial charge < -0.3 is 5.11 Å². The van der Waals surface area contributed by atoms with Gasteiger partial charge in [0, 0.05) is 6.20 Å². The number of nitrogens with zero attached hydrogens (tertiary/aromatic N) is 1. The molecule has 0 aliphatic carbocycles. The van der Waals surface area contributed by atoms with E-state index in [9.17, 15) is 18.3 Å². The SMILES string of the molecule is CCCC(CCC)C(O)c1cnc(C(F)(F)F)s1. The number of hydrogen-bond donors (Lipinski definition) is 1. The third-order valence-corrected chi connectivity index (χ3v) is 3.94. The molecular weight excluding hydrogens is 263 g/mol. The molecule has 1 aromatic heterocycles. The van der Waals surface area contributed by atoms with Gasteiger partial charge in [0.15, 0.2) is 5.01 Å². The maximum Gasteiger partial charge on any atom is 0.443 e. The Hall–Kier alpha value is -0.620. The first-order valence-corrected chi connectivity index (χ1v) is 6.92. The summed E-state index contributed by atoms with van der Waals surface area (Å²) < 4.78 is 37.3. The Morgan fingerprint density at radius 3 is 2.22 bits per heavy atom. The molecule has 0 fully saturated rings. The summed E-state index contributed by atoms with van der Waals surface area (Å²) in [5.41, 5.74) is 0. The second-order valence-corrected chi connectivity index (χ2v) is 5.41. The van der Waals surface area contributed by atoms with Crippen LogP contribution in [-0.2, 0) is 6.18 Å². The molecule has 1 N–H and O–H groups in total. The summed E-state index contributed by atoms with van der Waals surface area (Å²) >= 11 is 0.542. The molecule has 0 saturated heterocycles. The maximum absolute atomic E-state index is 12.4. The van der Waals surface area contributed by atoms with Gasteiger partial charge >= 0.3 is 6.18 Å². The molecule has 0 amide bonds. The molecule has 0 aliphatic rings. The van der Waals surface area contributed by atoms with Gasteiger partial charge in [-0.3, -0.25) is 0 Å². The van der Waals surface area contributed by atoms with Crippen LogP contribution in [0.4, 0.5) is 13.2 Å². The summed E-state index contributed by atoms with van der Waals surface area (Å²) in [6, 6.07) is 0. The third-order valence-electron chi connectivity index (χ3n) is 2.82. The molecule has 1 atom stereocenters. The highest BCUT2D eigenvalue weighted by atomic mass is 32.1. The van der Waals surface area contributed by atoms with Gasteiger partial charge in [0.2, 0.25) is 0 Å². The number of halogens is 3. The smallest absolute Gasteiger partial charge is 0.387 e. The van der Waals surface area contributed by atoms with Crippen LogP contribution >= 0.6 is 11.3 Å². The first kappa shape index (κ1) is 15.4. The number of aliphatic hydroxyl groups excluding tert-OH is 1. The Morgan fingerprint density at radius 2 is 1.83 bits per heavy atom. The third kappa shape index (κ3) is 3.95. The Labute approximate surface area is 109 Å². The van der Waals surface area contributed by atoms with Crippen LogP contribution in [0.25, 0.3) is 0 Å². The van der Waals surface area contributed by atoms with Gasteiger partial charge in [-0.1, -0.05) is 26.7 Å². The molecule has 2 nitrogen and oxygen atoms in total. The van der Waals surface area contributed by atoms with Gasteiger partial charge in [-0.2, -0.15) is 13.2 Å². The Kier molecular flexibility index (Phi) is 5.59. The van der Waals surface area contributed by atoms with E-state index in [-0.39, 0.29) is 5.92 Å². The van der Waals surface area contributed by atoms with E-state index < -0.39 is 17.3 Å². The summed E-state index contributed by atoms with van der Waals surface area (Å²) in [5, 5.41) is 9.24. The van der Waals surface area contributed by atoms with Crippen molar-refractivity contribution in [2.75, 3.05) is 0 Å². The second kappa shape index (κ2) is 6.52. The van der Waals surface area contributed by atoms with Gasteiger partial charge in [-0.25, -0.2) is 4.98 Å². The van der Waals surface area contributed by atoms with E-state index in [1.807, 2.05) is 13.8 Å². The summed E-state index contributed by atoms with van der Waals surface area (Å²) in [4.78, 5) is 3.66. The Bertz CT molecular complexity index is 358. The number of thiazole rings is 1. The molecule has 104 valence electrons. The summed E-state index contributed by atoms with van der Waals surface area (Å²) in [6.07, 6.45) is -0.662. The van der Waals surface area contributed by atoms with Gasteiger partial charge in [0.1, 0.15) is 0 Å². The van der Waals surface area contributed by atoms with Crippen LogP contribution in [0.2, 0.25) is 0 Å². The first-order chi connectivity index (χ1) is 8.40. The molecule has 1 unspecified atom stereocenters. The van der Waals surface area contributed by atoms with E-state index in [1.54, 1.807) is 0 Å². The molecule has 0 aromatic carbocycles. The van der Waals surface area contributed by atoms with Crippen molar-refractivity contribution in [3.63, 3.8) is 0 Å². The number of hydrogen-bond acceptors (Lipinski definition) is 3. The number of aromatic nitrogens is 1. The zero-order valence-electron chi connectivity index (χ0n) is 10.5. The molecule has 1 heterocycles. The molecule has 18 heavy (non-hydrogen) atoms. The highest BCUT2D eigenvalue weighted by Gasteiger charge is 2.35. The van der Waals surface area contributed by atoms with Gasteiger partial charge in [0.05, 0.1) is 11.0 Å². The summed E-state index contributed by atoms with van der Waals surface area (Å²) in [6.45, 7) is 4.01. The van der Waals surface area contributed by atoms with Crippen molar-refractivity contribution in [2.45, 2.75) is 51.8 Å². The highest BCUT2D eigenvalue weighted by Crippen LogP contribution is 2.37. The molecule has 0 aliphatic heterocycles. The molecule has 0 spiro atoms. The fourth-order valence-electron chi connectivity index (χ4n) is 1.99. The Balaban J connectivity index is 2.81. The van der Waals surface area contributed by atoms with Crippen molar-refractivity contribution >= 4 is 11.3 Å². The van der Waals surface area contributed by atoms with Crippen LogP contribution in [-0.4, -0.2) is 10.1 Å². The van der Waals surface area contributed by atoms with E-state index in [0.717, 1.165) is 31.9 Å². The predicted octanol–water partition coefficient (Wildman–Crippen LogP) is 4.41. The van der Waals surface area contributed by atoms with E-state index >= 15 is 0 Å². The lowest BCUT2D eigenvalue weighted by Crippen LogP contribution is -2.11. The largest absolute Gasteiger partial charge is 0.443 e.